The third-order valence-corrected chi connectivity index (χ3v) is 2.83. The number of halogens is 2. The van der Waals surface area contributed by atoms with Gasteiger partial charge in [0.25, 0.3) is 0 Å². The summed E-state index contributed by atoms with van der Waals surface area (Å²) in [5.74, 6) is -0.00708. The van der Waals surface area contributed by atoms with Crippen LogP contribution in [-0.2, 0) is 0 Å². The Kier molecular flexibility index (Phi) is 1.25. The number of hydrogen-bond donors (Lipinski definition) is 0. The first-order chi connectivity index (χ1) is 6.27. The molecule has 0 unspecified atom stereocenters. The monoisotopic (exact) mass is 182 g/mol. The Balaban J connectivity index is 2.22. The molecule has 0 saturated heterocycles. The number of ether oxygens (including phenoxy) is 1. The molecule has 1 nitrogen and oxygen atoms in total. The molecule has 1 aromatic carbocycles. The fraction of sp³-hybridized carbons (Fsp3) is 0.400. The molecule has 0 N–H and O–H groups in total. The van der Waals surface area contributed by atoms with E-state index in [0.717, 1.165) is 12.5 Å². The topological polar surface area (TPSA) is 9.23 Å². The van der Waals surface area contributed by atoms with Gasteiger partial charge in [0, 0.05) is 11.5 Å². The summed E-state index contributed by atoms with van der Waals surface area (Å²) >= 11 is 0. The lowest BCUT2D eigenvalue weighted by Gasteiger charge is -2.17. The van der Waals surface area contributed by atoms with E-state index in [1.165, 1.54) is 6.07 Å². The van der Waals surface area contributed by atoms with Crippen molar-refractivity contribution in [3.63, 3.8) is 0 Å². The summed E-state index contributed by atoms with van der Waals surface area (Å²) in [5, 5.41) is 0. The van der Waals surface area contributed by atoms with Crippen molar-refractivity contribution < 1.29 is 13.5 Å². The third-order valence-electron chi connectivity index (χ3n) is 2.83. The molecule has 13 heavy (non-hydrogen) atoms. The zero-order chi connectivity index (χ0) is 9.00. The van der Waals surface area contributed by atoms with Gasteiger partial charge in [0.2, 0.25) is 0 Å². The highest BCUT2D eigenvalue weighted by Gasteiger charge is 2.46. The molecule has 0 bridgehead atoms. The minimum Gasteiger partial charge on any atom is -0.490 e. The molecule has 3 heteroatoms. The standard InChI is InChI=1S/C10H8F2O/c11-7-1-2-8(12)10-9(7)6-3-5(6)4-13-10/h1-2,5-6H,3-4H2/t5-,6-/m1/s1. The van der Waals surface area contributed by atoms with Gasteiger partial charge in [-0.05, 0) is 24.5 Å². The lowest BCUT2D eigenvalue weighted by molar-refractivity contribution is 0.261. The highest BCUT2D eigenvalue weighted by molar-refractivity contribution is 5.44. The van der Waals surface area contributed by atoms with E-state index in [1.807, 2.05) is 0 Å². The predicted molar refractivity (Wildman–Crippen MR) is 42.7 cm³/mol. The van der Waals surface area contributed by atoms with Gasteiger partial charge in [0.05, 0.1) is 6.61 Å². The summed E-state index contributed by atoms with van der Waals surface area (Å²) in [4.78, 5) is 0. The Bertz CT molecular complexity index is 375. The summed E-state index contributed by atoms with van der Waals surface area (Å²) in [5.41, 5.74) is 0.455. The highest BCUT2D eigenvalue weighted by Crippen LogP contribution is 2.54. The van der Waals surface area contributed by atoms with Crippen LogP contribution < -0.4 is 4.74 Å². The molecule has 1 aliphatic carbocycles. The van der Waals surface area contributed by atoms with E-state index >= 15 is 0 Å². The van der Waals surface area contributed by atoms with Crippen LogP contribution in [0.4, 0.5) is 8.78 Å². The molecular formula is C10H8F2O. The van der Waals surface area contributed by atoms with Crippen LogP contribution in [0.5, 0.6) is 5.75 Å². The lowest BCUT2D eigenvalue weighted by atomic mass is 10.1. The van der Waals surface area contributed by atoms with Crippen LogP contribution in [0.15, 0.2) is 12.1 Å². The summed E-state index contributed by atoms with van der Waals surface area (Å²) < 4.78 is 31.6. The van der Waals surface area contributed by atoms with Crippen LogP contribution >= 0.6 is 0 Å². The summed E-state index contributed by atoms with van der Waals surface area (Å²) in [6.45, 7) is 0.540. The molecule has 68 valence electrons. The zero-order valence-corrected chi connectivity index (χ0v) is 6.89. The van der Waals surface area contributed by atoms with Crippen molar-refractivity contribution in [2.45, 2.75) is 12.3 Å². The van der Waals surface area contributed by atoms with Gasteiger partial charge < -0.3 is 4.74 Å². The molecule has 3 rings (SSSR count). The maximum atomic E-state index is 13.3. The number of rotatable bonds is 0. The maximum absolute atomic E-state index is 13.3. The van der Waals surface area contributed by atoms with Crippen LogP contribution in [0.1, 0.15) is 17.9 Å². The maximum Gasteiger partial charge on any atom is 0.165 e. The highest BCUT2D eigenvalue weighted by atomic mass is 19.1. The van der Waals surface area contributed by atoms with Crippen molar-refractivity contribution in [2.24, 2.45) is 5.92 Å². The quantitative estimate of drug-likeness (QED) is 0.598. The second-order valence-electron chi connectivity index (χ2n) is 3.69. The molecule has 0 aromatic heterocycles. The van der Waals surface area contributed by atoms with E-state index in [4.69, 9.17) is 4.74 Å². The smallest absolute Gasteiger partial charge is 0.165 e. The van der Waals surface area contributed by atoms with Gasteiger partial charge in [-0.25, -0.2) is 8.78 Å². The van der Waals surface area contributed by atoms with Gasteiger partial charge in [0.15, 0.2) is 11.6 Å². The first-order valence-corrected chi connectivity index (χ1v) is 4.38. The number of benzene rings is 1. The van der Waals surface area contributed by atoms with E-state index in [2.05, 4.69) is 0 Å². The minimum atomic E-state index is -0.443. The molecule has 0 spiro atoms. The Morgan fingerprint density at radius 2 is 2.00 bits per heavy atom. The van der Waals surface area contributed by atoms with Crippen molar-refractivity contribution in [1.82, 2.24) is 0 Å². The van der Waals surface area contributed by atoms with Crippen molar-refractivity contribution >= 4 is 0 Å². The normalized spacial score (nSPS) is 28.8. The molecule has 0 radical (unpaired) electrons. The van der Waals surface area contributed by atoms with Crippen molar-refractivity contribution in [1.29, 1.82) is 0 Å². The van der Waals surface area contributed by atoms with E-state index < -0.39 is 5.82 Å². The Hall–Kier alpha value is -1.12. The molecule has 2 atom stereocenters. The predicted octanol–water partition coefficient (Wildman–Crippen LogP) is 2.46. The van der Waals surface area contributed by atoms with Crippen molar-refractivity contribution in [3.05, 3.63) is 29.3 Å². The molecular weight excluding hydrogens is 174 g/mol. The second kappa shape index (κ2) is 2.22. The van der Waals surface area contributed by atoms with Gasteiger partial charge in [-0.2, -0.15) is 0 Å². The van der Waals surface area contributed by atoms with Crippen LogP contribution in [0, 0.1) is 17.6 Å². The Labute approximate surface area is 74.3 Å². The molecule has 1 heterocycles. The zero-order valence-electron chi connectivity index (χ0n) is 6.89. The van der Waals surface area contributed by atoms with Crippen LogP contribution in [-0.4, -0.2) is 6.61 Å². The molecule has 1 saturated carbocycles. The summed E-state index contributed by atoms with van der Waals surface area (Å²) in [7, 11) is 0. The summed E-state index contributed by atoms with van der Waals surface area (Å²) in [6.07, 6.45) is 0.938. The van der Waals surface area contributed by atoms with E-state index in [1.54, 1.807) is 0 Å². The fourth-order valence-corrected chi connectivity index (χ4v) is 2.02. The van der Waals surface area contributed by atoms with Crippen molar-refractivity contribution in [2.75, 3.05) is 6.61 Å². The van der Waals surface area contributed by atoms with Gasteiger partial charge in [0.1, 0.15) is 5.82 Å². The van der Waals surface area contributed by atoms with Gasteiger partial charge in [-0.1, -0.05) is 0 Å². The molecule has 1 aliphatic heterocycles. The van der Waals surface area contributed by atoms with E-state index in [9.17, 15) is 8.78 Å². The minimum absolute atomic E-state index is 0.138. The number of fused-ring (bicyclic) bond motifs is 3. The molecule has 2 aliphatic rings. The van der Waals surface area contributed by atoms with Crippen LogP contribution in [0.3, 0.4) is 0 Å². The SMILES string of the molecule is Fc1ccc(F)c2c1OC[C@H]1C[C@@H]21. The van der Waals surface area contributed by atoms with Gasteiger partial charge in [-0.3, -0.25) is 0 Å². The Morgan fingerprint density at radius 1 is 1.23 bits per heavy atom. The van der Waals surface area contributed by atoms with E-state index in [-0.39, 0.29) is 17.5 Å². The first kappa shape index (κ1) is 7.30. The lowest BCUT2D eigenvalue weighted by Crippen LogP contribution is -2.11. The van der Waals surface area contributed by atoms with Crippen LogP contribution in [0.25, 0.3) is 0 Å². The first-order valence-electron chi connectivity index (χ1n) is 4.38. The average Bonchev–Trinajstić information content (AvgIpc) is 2.89. The summed E-state index contributed by atoms with van der Waals surface area (Å²) in [6, 6.07) is 2.30. The largest absolute Gasteiger partial charge is 0.490 e. The Morgan fingerprint density at radius 3 is 2.85 bits per heavy atom. The fourth-order valence-electron chi connectivity index (χ4n) is 2.02. The van der Waals surface area contributed by atoms with E-state index in [0.29, 0.717) is 18.1 Å². The second-order valence-corrected chi connectivity index (χ2v) is 3.69. The van der Waals surface area contributed by atoms with Gasteiger partial charge in [-0.15, -0.1) is 0 Å². The number of hydrogen-bond acceptors (Lipinski definition) is 1. The molecule has 1 fully saturated rings. The van der Waals surface area contributed by atoms with Crippen molar-refractivity contribution in [3.8, 4) is 5.75 Å². The molecule has 0 amide bonds. The van der Waals surface area contributed by atoms with Gasteiger partial charge >= 0.3 is 0 Å². The molecule has 1 aromatic rings. The van der Waals surface area contributed by atoms with Crippen LogP contribution in [0.2, 0.25) is 0 Å². The average molecular weight is 182 g/mol. The third kappa shape index (κ3) is 0.900.